The number of aromatic hydroxyl groups is 1. The summed E-state index contributed by atoms with van der Waals surface area (Å²) < 4.78 is 10.9. The maximum absolute atomic E-state index is 12.7. The first-order valence-electron chi connectivity index (χ1n) is 8.37. The number of aromatic nitrogens is 1. The number of phenols is 1. The van der Waals surface area contributed by atoms with Crippen molar-refractivity contribution in [3.63, 3.8) is 0 Å². The number of para-hydroxylation sites is 1. The number of aromatic carboxylic acids is 1. The molecule has 3 N–H and O–H groups in total. The van der Waals surface area contributed by atoms with Gasteiger partial charge >= 0.3 is 5.97 Å². The molecule has 0 aliphatic rings. The topological polar surface area (TPSA) is 122 Å². The quantitative estimate of drug-likeness (QED) is 0.596. The SMILES string of the molecule is Cc1noc(C)c1COc1ccccc1C(=O)Nc1cc(O)cc(C(=O)O)c1. The van der Waals surface area contributed by atoms with Gasteiger partial charge in [0, 0.05) is 11.8 Å². The number of phenolic OH excluding ortho intramolecular Hbond substituents is 1. The average Bonchev–Trinajstić information content (AvgIpc) is 2.97. The Morgan fingerprint density at radius 3 is 2.61 bits per heavy atom. The molecular formula is C20H18N2O6. The van der Waals surface area contributed by atoms with Crippen LogP contribution in [-0.4, -0.2) is 27.2 Å². The van der Waals surface area contributed by atoms with Gasteiger partial charge in [0.05, 0.1) is 22.4 Å². The summed E-state index contributed by atoms with van der Waals surface area (Å²) in [6.45, 7) is 3.76. The van der Waals surface area contributed by atoms with E-state index < -0.39 is 11.9 Å². The Labute approximate surface area is 160 Å². The molecule has 0 saturated carbocycles. The van der Waals surface area contributed by atoms with E-state index in [1.54, 1.807) is 38.1 Å². The molecule has 3 rings (SSSR count). The van der Waals surface area contributed by atoms with Gasteiger partial charge in [0.1, 0.15) is 23.9 Å². The number of carboxylic acids is 1. The molecule has 0 spiro atoms. The summed E-state index contributed by atoms with van der Waals surface area (Å²) in [5.41, 5.74) is 1.78. The zero-order valence-electron chi connectivity index (χ0n) is 15.2. The Bertz CT molecular complexity index is 1020. The van der Waals surface area contributed by atoms with Gasteiger partial charge in [-0.25, -0.2) is 4.79 Å². The van der Waals surface area contributed by atoms with Crippen molar-refractivity contribution in [1.82, 2.24) is 5.16 Å². The summed E-state index contributed by atoms with van der Waals surface area (Å²) >= 11 is 0. The highest BCUT2D eigenvalue weighted by atomic mass is 16.5. The fraction of sp³-hybridized carbons (Fsp3) is 0.150. The van der Waals surface area contributed by atoms with Crippen molar-refractivity contribution in [3.8, 4) is 11.5 Å². The Balaban J connectivity index is 1.80. The molecule has 0 radical (unpaired) electrons. The number of amides is 1. The lowest BCUT2D eigenvalue weighted by Gasteiger charge is -2.12. The van der Waals surface area contributed by atoms with Crippen LogP contribution in [0.15, 0.2) is 47.0 Å². The summed E-state index contributed by atoms with van der Waals surface area (Å²) in [5, 5.41) is 25.2. The molecule has 1 heterocycles. The zero-order chi connectivity index (χ0) is 20.3. The number of rotatable bonds is 6. The number of hydrogen-bond donors (Lipinski definition) is 3. The van der Waals surface area contributed by atoms with Gasteiger partial charge < -0.3 is 24.8 Å². The largest absolute Gasteiger partial charge is 0.508 e. The minimum absolute atomic E-state index is 0.141. The Hall–Kier alpha value is -3.81. The van der Waals surface area contributed by atoms with Gasteiger partial charge in [-0.15, -0.1) is 0 Å². The van der Waals surface area contributed by atoms with Gasteiger partial charge in [0.2, 0.25) is 0 Å². The van der Waals surface area contributed by atoms with Crippen LogP contribution in [0.3, 0.4) is 0 Å². The zero-order valence-corrected chi connectivity index (χ0v) is 15.2. The summed E-state index contributed by atoms with van der Waals surface area (Å²) in [7, 11) is 0. The molecule has 8 nitrogen and oxygen atoms in total. The second-order valence-electron chi connectivity index (χ2n) is 6.12. The number of carbonyl (C=O) groups excluding carboxylic acids is 1. The van der Waals surface area contributed by atoms with Crippen LogP contribution in [0.5, 0.6) is 11.5 Å². The summed E-state index contributed by atoms with van der Waals surface area (Å²) in [4.78, 5) is 23.8. The highest BCUT2D eigenvalue weighted by Crippen LogP contribution is 2.24. The molecule has 0 fully saturated rings. The lowest BCUT2D eigenvalue weighted by Crippen LogP contribution is -2.14. The monoisotopic (exact) mass is 382 g/mol. The summed E-state index contributed by atoms with van der Waals surface area (Å²) in [6.07, 6.45) is 0. The molecule has 0 bridgehead atoms. The molecule has 0 unspecified atom stereocenters. The van der Waals surface area contributed by atoms with E-state index in [0.29, 0.717) is 17.2 Å². The minimum atomic E-state index is -1.21. The normalized spacial score (nSPS) is 10.5. The molecule has 0 atom stereocenters. The van der Waals surface area contributed by atoms with E-state index in [1.807, 2.05) is 0 Å². The number of anilines is 1. The molecule has 3 aromatic rings. The van der Waals surface area contributed by atoms with Crippen LogP contribution < -0.4 is 10.1 Å². The van der Waals surface area contributed by atoms with E-state index in [0.717, 1.165) is 11.6 Å². The first-order valence-corrected chi connectivity index (χ1v) is 8.37. The number of nitrogens with one attached hydrogen (secondary N) is 1. The fourth-order valence-corrected chi connectivity index (χ4v) is 2.64. The lowest BCUT2D eigenvalue weighted by molar-refractivity contribution is 0.0696. The number of carbonyl (C=O) groups is 2. The van der Waals surface area contributed by atoms with Crippen molar-refractivity contribution in [2.45, 2.75) is 20.5 Å². The number of carboxylic acid groups (broad SMARTS) is 1. The molecule has 0 aliphatic heterocycles. The van der Waals surface area contributed by atoms with Gasteiger partial charge in [-0.2, -0.15) is 0 Å². The van der Waals surface area contributed by atoms with Gasteiger partial charge in [-0.3, -0.25) is 4.79 Å². The molecule has 1 aromatic heterocycles. The van der Waals surface area contributed by atoms with Crippen LogP contribution in [0.2, 0.25) is 0 Å². The van der Waals surface area contributed by atoms with Crippen molar-refractivity contribution in [2.24, 2.45) is 0 Å². The maximum atomic E-state index is 12.7. The van der Waals surface area contributed by atoms with Crippen molar-refractivity contribution >= 4 is 17.6 Å². The van der Waals surface area contributed by atoms with Crippen LogP contribution >= 0.6 is 0 Å². The van der Waals surface area contributed by atoms with E-state index in [9.17, 15) is 14.7 Å². The second-order valence-corrected chi connectivity index (χ2v) is 6.12. The fourth-order valence-electron chi connectivity index (χ4n) is 2.64. The standard InChI is InChI=1S/C20H18N2O6/c1-11-17(12(2)28-22-11)10-27-18-6-4-3-5-16(18)19(24)21-14-7-13(20(25)26)8-15(23)9-14/h3-9,23H,10H2,1-2H3,(H,21,24)(H,25,26). The van der Waals surface area contributed by atoms with Gasteiger partial charge in [0.25, 0.3) is 5.91 Å². The van der Waals surface area contributed by atoms with Crippen molar-refractivity contribution in [3.05, 3.63) is 70.6 Å². The summed E-state index contributed by atoms with van der Waals surface area (Å²) in [5.74, 6) is -0.997. The number of ether oxygens (including phenoxy) is 1. The summed E-state index contributed by atoms with van der Waals surface area (Å²) in [6, 6.07) is 10.3. The van der Waals surface area contributed by atoms with E-state index in [2.05, 4.69) is 10.5 Å². The van der Waals surface area contributed by atoms with Crippen LogP contribution in [0.1, 0.15) is 37.7 Å². The highest BCUT2D eigenvalue weighted by molar-refractivity contribution is 6.06. The van der Waals surface area contributed by atoms with E-state index in [1.165, 1.54) is 12.1 Å². The molecule has 0 saturated heterocycles. The molecule has 2 aromatic carbocycles. The van der Waals surface area contributed by atoms with Crippen molar-refractivity contribution in [2.75, 3.05) is 5.32 Å². The van der Waals surface area contributed by atoms with E-state index in [4.69, 9.17) is 14.4 Å². The van der Waals surface area contributed by atoms with Crippen LogP contribution in [-0.2, 0) is 6.61 Å². The van der Waals surface area contributed by atoms with E-state index >= 15 is 0 Å². The van der Waals surface area contributed by atoms with Gasteiger partial charge in [0.15, 0.2) is 0 Å². The molecular weight excluding hydrogens is 364 g/mol. The third-order valence-electron chi connectivity index (χ3n) is 4.11. The molecule has 144 valence electrons. The smallest absolute Gasteiger partial charge is 0.335 e. The van der Waals surface area contributed by atoms with Crippen LogP contribution in [0.4, 0.5) is 5.69 Å². The van der Waals surface area contributed by atoms with Gasteiger partial charge in [-0.1, -0.05) is 17.3 Å². The first kappa shape index (κ1) is 19.0. The highest BCUT2D eigenvalue weighted by Gasteiger charge is 2.16. The Kier molecular flexibility index (Phi) is 5.30. The Morgan fingerprint density at radius 1 is 1.18 bits per heavy atom. The van der Waals surface area contributed by atoms with Gasteiger partial charge in [-0.05, 0) is 38.1 Å². The third-order valence-corrected chi connectivity index (χ3v) is 4.11. The molecule has 0 aliphatic carbocycles. The van der Waals surface area contributed by atoms with Crippen LogP contribution in [0.25, 0.3) is 0 Å². The minimum Gasteiger partial charge on any atom is -0.508 e. The molecule has 1 amide bonds. The number of nitrogens with zero attached hydrogens (tertiary/aromatic N) is 1. The number of aryl methyl sites for hydroxylation is 2. The first-order chi connectivity index (χ1) is 13.3. The number of hydrogen-bond acceptors (Lipinski definition) is 6. The predicted molar refractivity (Wildman–Crippen MR) is 99.8 cm³/mol. The average molecular weight is 382 g/mol. The predicted octanol–water partition coefficient (Wildman–Crippen LogP) is 3.53. The maximum Gasteiger partial charge on any atom is 0.335 e. The van der Waals surface area contributed by atoms with Crippen molar-refractivity contribution < 1.29 is 29.1 Å². The second kappa shape index (κ2) is 7.83. The Morgan fingerprint density at radius 2 is 1.93 bits per heavy atom. The lowest BCUT2D eigenvalue weighted by atomic mass is 10.1. The van der Waals surface area contributed by atoms with E-state index in [-0.39, 0.29) is 29.2 Å². The number of benzene rings is 2. The molecule has 8 heteroatoms. The van der Waals surface area contributed by atoms with Crippen LogP contribution in [0, 0.1) is 13.8 Å². The molecule has 28 heavy (non-hydrogen) atoms. The third kappa shape index (κ3) is 4.12. The van der Waals surface area contributed by atoms with Crippen molar-refractivity contribution in [1.29, 1.82) is 0 Å².